The summed E-state index contributed by atoms with van der Waals surface area (Å²) in [7, 11) is 0. The molecule has 0 aliphatic heterocycles. The normalized spacial score (nSPS) is 25.4. The van der Waals surface area contributed by atoms with E-state index in [0.29, 0.717) is 29.8 Å². The zero-order valence-electron chi connectivity index (χ0n) is 13.2. The molecule has 0 radical (unpaired) electrons. The van der Waals surface area contributed by atoms with Crippen molar-refractivity contribution < 1.29 is 9.53 Å². The number of nitrogens with two attached hydrogens (primary N) is 1. The minimum atomic E-state index is -0.358. The molecule has 1 aromatic rings. The molecule has 1 saturated carbocycles. The van der Waals surface area contributed by atoms with Crippen LogP contribution in [0.5, 0.6) is 0 Å². The number of ether oxygens (including phenoxy) is 1. The molecule has 0 aromatic heterocycles. The highest BCUT2D eigenvalue weighted by molar-refractivity contribution is 5.96. The first-order valence-electron chi connectivity index (χ1n) is 7.86. The molecular weight excluding hydrogens is 264 g/mol. The van der Waals surface area contributed by atoms with Gasteiger partial charge in [-0.05, 0) is 43.4 Å². The molecule has 4 heteroatoms. The second-order valence-corrected chi connectivity index (χ2v) is 6.04. The van der Waals surface area contributed by atoms with Gasteiger partial charge in [-0.15, -0.1) is 0 Å². The number of carbonyl (C=O) groups excluding carboxylic acids is 1. The summed E-state index contributed by atoms with van der Waals surface area (Å²) in [6.45, 7) is 6.75. The lowest BCUT2D eigenvalue weighted by Crippen LogP contribution is -2.35. The van der Waals surface area contributed by atoms with Crippen LogP contribution in [0.15, 0.2) is 18.2 Å². The number of hydrogen-bond donors (Lipinski definition) is 2. The van der Waals surface area contributed by atoms with Gasteiger partial charge < -0.3 is 15.8 Å². The fourth-order valence-corrected chi connectivity index (χ4v) is 3.03. The molecule has 0 bridgehead atoms. The van der Waals surface area contributed by atoms with Crippen LogP contribution in [0.4, 0.5) is 11.4 Å². The van der Waals surface area contributed by atoms with E-state index in [4.69, 9.17) is 10.5 Å². The van der Waals surface area contributed by atoms with Crippen LogP contribution >= 0.6 is 0 Å². The number of nitrogens with one attached hydrogen (secondary N) is 1. The van der Waals surface area contributed by atoms with Gasteiger partial charge in [-0.1, -0.05) is 26.7 Å². The van der Waals surface area contributed by atoms with Crippen LogP contribution in [0.3, 0.4) is 0 Å². The summed E-state index contributed by atoms with van der Waals surface area (Å²) in [4.78, 5) is 11.9. The third-order valence-corrected chi connectivity index (χ3v) is 4.61. The molecular formula is C17H26N2O2. The summed E-state index contributed by atoms with van der Waals surface area (Å²) >= 11 is 0. The van der Waals surface area contributed by atoms with Crippen molar-refractivity contribution in [2.75, 3.05) is 17.7 Å². The standard InChI is InChI=1S/C17H26N2O2/c1-4-21-17(20)14-10-13(8-9-15(14)18)19-16-7-5-6-11(2)12(16)3/h8-12,16,19H,4-7,18H2,1-3H3. The Labute approximate surface area is 127 Å². The first-order chi connectivity index (χ1) is 10.0. The molecule has 4 nitrogen and oxygen atoms in total. The lowest BCUT2D eigenvalue weighted by Gasteiger charge is -2.35. The fourth-order valence-electron chi connectivity index (χ4n) is 3.03. The summed E-state index contributed by atoms with van der Waals surface area (Å²) in [5.41, 5.74) is 7.72. The third-order valence-electron chi connectivity index (χ3n) is 4.61. The molecule has 1 aromatic carbocycles. The molecule has 3 atom stereocenters. The molecule has 1 aliphatic rings. The van der Waals surface area contributed by atoms with Gasteiger partial charge in [-0.2, -0.15) is 0 Å². The summed E-state index contributed by atoms with van der Waals surface area (Å²) in [5.74, 6) is 1.00. The van der Waals surface area contributed by atoms with E-state index in [0.717, 1.165) is 11.6 Å². The van der Waals surface area contributed by atoms with Crippen LogP contribution in [0.1, 0.15) is 50.4 Å². The van der Waals surface area contributed by atoms with Crippen molar-refractivity contribution in [3.05, 3.63) is 23.8 Å². The molecule has 2 rings (SSSR count). The Morgan fingerprint density at radius 3 is 2.86 bits per heavy atom. The van der Waals surface area contributed by atoms with Crippen LogP contribution < -0.4 is 11.1 Å². The fraction of sp³-hybridized carbons (Fsp3) is 0.588. The van der Waals surface area contributed by atoms with Crippen LogP contribution in [0, 0.1) is 11.8 Å². The maximum absolute atomic E-state index is 11.9. The van der Waals surface area contributed by atoms with Crippen molar-refractivity contribution in [1.29, 1.82) is 0 Å². The molecule has 0 amide bonds. The van der Waals surface area contributed by atoms with Gasteiger partial charge >= 0.3 is 5.97 Å². The average molecular weight is 290 g/mol. The molecule has 3 N–H and O–H groups in total. The minimum Gasteiger partial charge on any atom is -0.462 e. The molecule has 0 heterocycles. The van der Waals surface area contributed by atoms with Gasteiger partial charge in [0.25, 0.3) is 0 Å². The topological polar surface area (TPSA) is 64.3 Å². The lowest BCUT2D eigenvalue weighted by atomic mass is 9.78. The Kier molecular flexibility index (Phi) is 5.10. The van der Waals surface area contributed by atoms with Crippen molar-refractivity contribution in [3.63, 3.8) is 0 Å². The predicted octanol–water partition coefficient (Wildman–Crippen LogP) is 3.68. The third kappa shape index (κ3) is 3.69. The number of anilines is 2. The van der Waals surface area contributed by atoms with E-state index < -0.39 is 0 Å². The maximum Gasteiger partial charge on any atom is 0.340 e. The van der Waals surface area contributed by atoms with Crippen molar-refractivity contribution >= 4 is 17.3 Å². The maximum atomic E-state index is 11.9. The highest BCUT2D eigenvalue weighted by Gasteiger charge is 2.27. The number of hydrogen-bond acceptors (Lipinski definition) is 4. The zero-order valence-corrected chi connectivity index (χ0v) is 13.2. The summed E-state index contributed by atoms with van der Waals surface area (Å²) in [5, 5.41) is 3.56. The molecule has 0 saturated heterocycles. The van der Waals surface area contributed by atoms with Crippen LogP contribution in [0.25, 0.3) is 0 Å². The van der Waals surface area contributed by atoms with Gasteiger partial charge in [-0.3, -0.25) is 0 Å². The first kappa shape index (κ1) is 15.7. The molecule has 21 heavy (non-hydrogen) atoms. The number of esters is 1. The van der Waals surface area contributed by atoms with Gasteiger partial charge in [0.15, 0.2) is 0 Å². The molecule has 0 spiro atoms. The van der Waals surface area contributed by atoms with Crippen molar-refractivity contribution in [1.82, 2.24) is 0 Å². The second kappa shape index (κ2) is 6.83. The summed E-state index contributed by atoms with van der Waals surface area (Å²) < 4.78 is 5.05. The Balaban J connectivity index is 2.13. The van der Waals surface area contributed by atoms with Crippen LogP contribution in [-0.2, 0) is 4.74 Å². The minimum absolute atomic E-state index is 0.354. The van der Waals surface area contributed by atoms with E-state index >= 15 is 0 Å². The van der Waals surface area contributed by atoms with Gasteiger partial charge in [0, 0.05) is 17.4 Å². The lowest BCUT2D eigenvalue weighted by molar-refractivity contribution is 0.0527. The van der Waals surface area contributed by atoms with E-state index in [1.54, 1.807) is 19.1 Å². The molecule has 3 unspecified atom stereocenters. The average Bonchev–Trinajstić information content (AvgIpc) is 2.46. The Hall–Kier alpha value is -1.71. The van der Waals surface area contributed by atoms with E-state index in [1.165, 1.54) is 19.3 Å². The SMILES string of the molecule is CCOC(=O)c1cc(NC2CCCC(C)C2C)ccc1N. The smallest absolute Gasteiger partial charge is 0.340 e. The second-order valence-electron chi connectivity index (χ2n) is 6.04. The number of rotatable bonds is 4. The highest BCUT2D eigenvalue weighted by Crippen LogP contribution is 2.32. The first-order valence-corrected chi connectivity index (χ1v) is 7.86. The van der Waals surface area contributed by atoms with Gasteiger partial charge in [0.05, 0.1) is 12.2 Å². The predicted molar refractivity (Wildman–Crippen MR) is 86.4 cm³/mol. The Bertz CT molecular complexity index is 502. The van der Waals surface area contributed by atoms with Gasteiger partial charge in [0.1, 0.15) is 0 Å². The number of benzene rings is 1. The largest absolute Gasteiger partial charge is 0.462 e. The number of carbonyl (C=O) groups is 1. The van der Waals surface area contributed by atoms with E-state index in [9.17, 15) is 4.79 Å². The van der Waals surface area contributed by atoms with Gasteiger partial charge in [-0.25, -0.2) is 4.79 Å². The van der Waals surface area contributed by atoms with Crippen molar-refractivity contribution in [2.24, 2.45) is 11.8 Å². The van der Waals surface area contributed by atoms with Crippen LogP contribution in [0.2, 0.25) is 0 Å². The number of nitrogen functional groups attached to an aromatic ring is 1. The van der Waals surface area contributed by atoms with Crippen LogP contribution in [-0.4, -0.2) is 18.6 Å². The van der Waals surface area contributed by atoms with Crippen molar-refractivity contribution in [3.8, 4) is 0 Å². The van der Waals surface area contributed by atoms with E-state index in [2.05, 4.69) is 19.2 Å². The molecule has 116 valence electrons. The summed E-state index contributed by atoms with van der Waals surface area (Å²) in [6, 6.07) is 5.96. The monoisotopic (exact) mass is 290 g/mol. The quantitative estimate of drug-likeness (QED) is 0.656. The molecule has 1 aliphatic carbocycles. The molecule has 1 fully saturated rings. The summed E-state index contributed by atoms with van der Waals surface area (Å²) in [6.07, 6.45) is 3.72. The van der Waals surface area contributed by atoms with Gasteiger partial charge in [0.2, 0.25) is 0 Å². The van der Waals surface area contributed by atoms with Crippen molar-refractivity contribution in [2.45, 2.75) is 46.1 Å². The zero-order chi connectivity index (χ0) is 15.4. The highest BCUT2D eigenvalue weighted by atomic mass is 16.5. The Morgan fingerprint density at radius 2 is 2.14 bits per heavy atom. The van der Waals surface area contributed by atoms with E-state index in [1.807, 2.05) is 6.07 Å². The van der Waals surface area contributed by atoms with E-state index in [-0.39, 0.29) is 5.97 Å². The Morgan fingerprint density at radius 1 is 1.38 bits per heavy atom.